The van der Waals surface area contributed by atoms with Crippen LogP contribution in [0.1, 0.15) is 15.9 Å². The predicted octanol–water partition coefficient (Wildman–Crippen LogP) is 4.76. The highest BCUT2D eigenvalue weighted by Crippen LogP contribution is 2.35. The topological polar surface area (TPSA) is 90.5 Å². The molecule has 1 saturated heterocycles. The molecular formula is C23H20ClF3N6O2. The molecule has 35 heavy (non-hydrogen) atoms. The van der Waals surface area contributed by atoms with Crippen molar-refractivity contribution in [1.29, 1.82) is 0 Å². The maximum Gasteiger partial charge on any atom is 0.417 e. The predicted molar refractivity (Wildman–Crippen MR) is 126 cm³/mol. The SMILES string of the molecule is O=C(Nc1cccc(NC(=O)N2CCN(c3ncccn3)CC2)c1)c1ccc(Cl)c(C(F)(F)F)c1. The van der Waals surface area contributed by atoms with Crippen molar-refractivity contribution in [3.8, 4) is 0 Å². The number of anilines is 3. The summed E-state index contributed by atoms with van der Waals surface area (Å²) in [5.41, 5.74) is -0.556. The summed E-state index contributed by atoms with van der Waals surface area (Å²) in [7, 11) is 0. The number of urea groups is 1. The number of piperazine rings is 1. The Balaban J connectivity index is 1.36. The van der Waals surface area contributed by atoms with E-state index in [9.17, 15) is 22.8 Å². The number of halogens is 4. The van der Waals surface area contributed by atoms with E-state index in [1.165, 1.54) is 12.1 Å². The van der Waals surface area contributed by atoms with Gasteiger partial charge in [0.15, 0.2) is 0 Å². The Kier molecular flexibility index (Phi) is 7.06. The first-order valence-electron chi connectivity index (χ1n) is 10.6. The third-order valence-electron chi connectivity index (χ3n) is 5.31. The van der Waals surface area contributed by atoms with Crippen LogP contribution in [0.5, 0.6) is 0 Å². The Morgan fingerprint density at radius 3 is 2.20 bits per heavy atom. The summed E-state index contributed by atoms with van der Waals surface area (Å²) in [4.78, 5) is 37.3. The van der Waals surface area contributed by atoms with Gasteiger partial charge in [-0.15, -0.1) is 0 Å². The number of alkyl halides is 3. The second-order valence-corrected chi connectivity index (χ2v) is 8.09. The van der Waals surface area contributed by atoms with Crippen LogP contribution < -0.4 is 15.5 Å². The summed E-state index contributed by atoms with van der Waals surface area (Å²) in [6.45, 7) is 2.10. The van der Waals surface area contributed by atoms with Crippen LogP contribution in [0.2, 0.25) is 5.02 Å². The number of amides is 3. The summed E-state index contributed by atoms with van der Waals surface area (Å²) in [6.07, 6.45) is -1.36. The van der Waals surface area contributed by atoms with E-state index in [4.69, 9.17) is 11.6 Å². The van der Waals surface area contributed by atoms with Crippen molar-refractivity contribution in [2.24, 2.45) is 0 Å². The molecule has 0 bridgehead atoms. The summed E-state index contributed by atoms with van der Waals surface area (Å²) in [6, 6.07) is 10.7. The van der Waals surface area contributed by atoms with E-state index in [0.29, 0.717) is 49.6 Å². The lowest BCUT2D eigenvalue weighted by Crippen LogP contribution is -2.50. The molecule has 0 spiro atoms. The van der Waals surface area contributed by atoms with E-state index >= 15 is 0 Å². The number of nitrogens with one attached hydrogen (secondary N) is 2. The van der Waals surface area contributed by atoms with Gasteiger partial charge in [-0.1, -0.05) is 17.7 Å². The van der Waals surface area contributed by atoms with E-state index in [-0.39, 0.29) is 11.6 Å². The van der Waals surface area contributed by atoms with Crippen LogP contribution in [-0.4, -0.2) is 53.0 Å². The summed E-state index contributed by atoms with van der Waals surface area (Å²) < 4.78 is 39.3. The first-order chi connectivity index (χ1) is 16.7. The molecule has 0 unspecified atom stereocenters. The van der Waals surface area contributed by atoms with Gasteiger partial charge in [-0.25, -0.2) is 14.8 Å². The molecule has 0 radical (unpaired) electrons. The Morgan fingerprint density at radius 2 is 1.54 bits per heavy atom. The number of carbonyl (C=O) groups excluding carboxylic acids is 2. The lowest BCUT2D eigenvalue weighted by molar-refractivity contribution is -0.137. The van der Waals surface area contributed by atoms with Gasteiger partial charge in [0.1, 0.15) is 0 Å². The van der Waals surface area contributed by atoms with E-state index < -0.39 is 22.7 Å². The number of nitrogens with zero attached hydrogens (tertiary/aromatic N) is 4. The van der Waals surface area contributed by atoms with Crippen LogP contribution in [0.4, 0.5) is 35.3 Å². The second kappa shape index (κ2) is 10.2. The van der Waals surface area contributed by atoms with Gasteiger partial charge in [0.2, 0.25) is 5.95 Å². The number of benzene rings is 2. The molecule has 2 heterocycles. The molecule has 0 saturated carbocycles. The highest BCUT2D eigenvalue weighted by atomic mass is 35.5. The molecule has 3 aromatic rings. The first-order valence-corrected chi connectivity index (χ1v) is 10.9. The number of aromatic nitrogens is 2. The lowest BCUT2D eigenvalue weighted by Gasteiger charge is -2.34. The average molecular weight is 505 g/mol. The summed E-state index contributed by atoms with van der Waals surface area (Å²) in [5.74, 6) is -0.131. The van der Waals surface area contributed by atoms with Gasteiger partial charge in [-0.2, -0.15) is 13.2 Å². The average Bonchev–Trinajstić information content (AvgIpc) is 2.84. The summed E-state index contributed by atoms with van der Waals surface area (Å²) >= 11 is 5.61. The van der Waals surface area contributed by atoms with Gasteiger partial charge in [0.05, 0.1) is 10.6 Å². The molecule has 2 aromatic carbocycles. The van der Waals surface area contributed by atoms with Gasteiger partial charge in [-0.3, -0.25) is 4.79 Å². The molecule has 4 rings (SSSR count). The van der Waals surface area contributed by atoms with E-state index in [1.54, 1.807) is 41.6 Å². The number of rotatable bonds is 4. The minimum atomic E-state index is -4.68. The number of hydrogen-bond donors (Lipinski definition) is 2. The number of hydrogen-bond acceptors (Lipinski definition) is 5. The van der Waals surface area contributed by atoms with Crippen LogP contribution in [0, 0.1) is 0 Å². The molecule has 182 valence electrons. The van der Waals surface area contributed by atoms with Crippen molar-refractivity contribution in [2.45, 2.75) is 6.18 Å². The van der Waals surface area contributed by atoms with E-state index in [2.05, 4.69) is 20.6 Å². The minimum absolute atomic E-state index is 0.198. The Morgan fingerprint density at radius 1 is 0.886 bits per heavy atom. The van der Waals surface area contributed by atoms with Crippen molar-refractivity contribution in [3.63, 3.8) is 0 Å². The van der Waals surface area contributed by atoms with Gasteiger partial charge in [0, 0.05) is 55.5 Å². The zero-order valence-corrected chi connectivity index (χ0v) is 19.0. The molecule has 3 amide bonds. The highest BCUT2D eigenvalue weighted by Gasteiger charge is 2.34. The zero-order chi connectivity index (χ0) is 25.0. The van der Waals surface area contributed by atoms with Crippen molar-refractivity contribution >= 4 is 40.9 Å². The van der Waals surface area contributed by atoms with Crippen LogP contribution in [0.25, 0.3) is 0 Å². The molecular weight excluding hydrogens is 485 g/mol. The van der Waals surface area contributed by atoms with Crippen molar-refractivity contribution < 1.29 is 22.8 Å². The third-order valence-corrected chi connectivity index (χ3v) is 5.64. The van der Waals surface area contributed by atoms with Crippen molar-refractivity contribution in [2.75, 3.05) is 41.7 Å². The monoisotopic (exact) mass is 504 g/mol. The molecule has 0 atom stereocenters. The largest absolute Gasteiger partial charge is 0.417 e. The molecule has 2 N–H and O–H groups in total. The fourth-order valence-corrected chi connectivity index (χ4v) is 3.75. The molecule has 12 heteroatoms. The zero-order valence-electron chi connectivity index (χ0n) is 18.2. The third kappa shape index (κ3) is 5.99. The Labute approximate surface area is 203 Å². The fraction of sp³-hybridized carbons (Fsp3) is 0.217. The van der Waals surface area contributed by atoms with Crippen LogP contribution in [0.15, 0.2) is 60.9 Å². The van der Waals surface area contributed by atoms with Crippen molar-refractivity contribution in [3.05, 3.63) is 77.1 Å². The molecule has 1 fully saturated rings. The fourth-order valence-electron chi connectivity index (χ4n) is 3.53. The normalized spacial score (nSPS) is 13.9. The van der Waals surface area contributed by atoms with Crippen molar-refractivity contribution in [1.82, 2.24) is 14.9 Å². The van der Waals surface area contributed by atoms with Gasteiger partial charge < -0.3 is 20.4 Å². The Hall–Kier alpha value is -3.86. The lowest BCUT2D eigenvalue weighted by atomic mass is 10.1. The van der Waals surface area contributed by atoms with Gasteiger partial charge in [0.25, 0.3) is 5.91 Å². The first kappa shape index (κ1) is 24.3. The second-order valence-electron chi connectivity index (χ2n) is 7.68. The smallest absolute Gasteiger partial charge is 0.337 e. The van der Waals surface area contributed by atoms with Crippen LogP contribution in [-0.2, 0) is 6.18 Å². The number of carbonyl (C=O) groups is 2. The molecule has 8 nitrogen and oxygen atoms in total. The van der Waals surface area contributed by atoms with E-state index in [0.717, 1.165) is 6.07 Å². The minimum Gasteiger partial charge on any atom is -0.337 e. The molecule has 1 aliphatic heterocycles. The molecule has 1 aliphatic rings. The quantitative estimate of drug-likeness (QED) is 0.535. The standard InChI is InChI=1S/C23H20ClF3N6O2/c24-19-6-5-15(13-18(19)23(25,26)27)20(34)30-16-3-1-4-17(14-16)31-22(35)33-11-9-32(10-12-33)21-28-7-2-8-29-21/h1-8,13-14H,9-12H2,(H,30,34)(H,31,35). The summed E-state index contributed by atoms with van der Waals surface area (Å²) in [5, 5.41) is 4.82. The van der Waals surface area contributed by atoms with Gasteiger partial charge in [-0.05, 0) is 42.5 Å². The van der Waals surface area contributed by atoms with Crippen LogP contribution in [0.3, 0.4) is 0 Å². The van der Waals surface area contributed by atoms with E-state index in [1.807, 2.05) is 4.90 Å². The maximum atomic E-state index is 13.1. The highest BCUT2D eigenvalue weighted by molar-refractivity contribution is 6.31. The molecule has 1 aromatic heterocycles. The van der Waals surface area contributed by atoms with Gasteiger partial charge >= 0.3 is 12.2 Å². The van der Waals surface area contributed by atoms with Crippen LogP contribution >= 0.6 is 11.6 Å². The molecule has 0 aliphatic carbocycles. The Bertz CT molecular complexity index is 1220. The maximum absolute atomic E-state index is 13.1.